The SMILES string of the molecule is CC(C)(C)c1ccc(N2c3cc(-c4nc(-c5ccccc5)nc(-c5ccccc5)n4)cc4c3B(c3ccc5ccccc5c3N4c3ccc(-c4ccccc4)cc3)c3ccc4ccccc4c32)cc1. The van der Waals surface area contributed by atoms with Crippen molar-refractivity contribution in [2.75, 3.05) is 9.80 Å². The predicted molar refractivity (Wildman–Crippen MR) is 289 cm³/mol. The Morgan fingerprint density at radius 3 is 1.22 bits per heavy atom. The Hall–Kier alpha value is -8.61. The molecule has 0 atom stereocenters. The van der Waals surface area contributed by atoms with E-state index in [9.17, 15) is 0 Å². The number of hydrogen-bond acceptors (Lipinski definition) is 5. The first-order chi connectivity index (χ1) is 33.9. The van der Waals surface area contributed by atoms with Gasteiger partial charge in [-0.3, -0.25) is 0 Å². The Morgan fingerprint density at radius 1 is 0.362 bits per heavy atom. The van der Waals surface area contributed by atoms with Crippen LogP contribution in [0, 0.1) is 0 Å². The minimum absolute atomic E-state index is 0.0101. The van der Waals surface area contributed by atoms with Gasteiger partial charge in [0.2, 0.25) is 0 Å². The van der Waals surface area contributed by atoms with Crippen molar-refractivity contribution in [1.82, 2.24) is 15.0 Å². The van der Waals surface area contributed by atoms with Crippen LogP contribution in [-0.2, 0) is 5.41 Å². The second kappa shape index (κ2) is 16.0. The van der Waals surface area contributed by atoms with Crippen LogP contribution in [0.25, 0.3) is 66.8 Å². The molecule has 0 amide bonds. The summed E-state index contributed by atoms with van der Waals surface area (Å²) in [6.45, 7) is 6.74. The summed E-state index contributed by atoms with van der Waals surface area (Å²) in [5, 5.41) is 4.78. The highest BCUT2D eigenvalue weighted by Crippen LogP contribution is 2.49. The molecule has 0 saturated carbocycles. The average Bonchev–Trinajstić information content (AvgIpc) is 3.41. The zero-order chi connectivity index (χ0) is 46.2. The first-order valence-corrected chi connectivity index (χ1v) is 23.8. The van der Waals surface area contributed by atoms with E-state index >= 15 is 0 Å². The van der Waals surface area contributed by atoms with E-state index in [0.29, 0.717) is 17.5 Å². The Balaban J connectivity index is 1.16. The highest BCUT2D eigenvalue weighted by atomic mass is 15.2. The Morgan fingerprint density at radius 2 is 0.754 bits per heavy atom. The summed E-state index contributed by atoms with van der Waals surface area (Å²) in [6, 6.07) is 81.1. The van der Waals surface area contributed by atoms with Crippen LogP contribution in [0.4, 0.5) is 34.1 Å². The molecule has 0 aliphatic carbocycles. The molecule has 3 heterocycles. The average molecular weight is 884 g/mol. The standard InChI is InChI=1S/C63H46BN5/c1-63(2,3)48-31-35-50(36-32-48)69-56-40-47(62-66-60(45-21-9-5-10-22-45)65-61(67-62)46-23-11-6-12-24-46)39-55-57(56)64(54-38-30-44-20-14-16-26-52(44)59(54)69)53-37-29-43-19-13-15-25-51(43)58(53)68(55)49-33-27-42(28-34-49)41-17-7-4-8-18-41/h4-40H,1-3H3. The zero-order valence-electron chi connectivity index (χ0n) is 38.7. The monoisotopic (exact) mass is 883 g/mol. The highest BCUT2D eigenvalue weighted by molar-refractivity contribution is 7.00. The summed E-state index contributed by atoms with van der Waals surface area (Å²) < 4.78 is 0. The molecule has 13 rings (SSSR count). The maximum atomic E-state index is 5.37. The van der Waals surface area contributed by atoms with E-state index in [1.165, 1.54) is 66.0 Å². The van der Waals surface area contributed by atoms with Gasteiger partial charge in [0.05, 0.1) is 0 Å². The lowest BCUT2D eigenvalue weighted by atomic mass is 9.33. The van der Waals surface area contributed by atoms with Gasteiger partial charge in [0.1, 0.15) is 0 Å². The van der Waals surface area contributed by atoms with Crippen molar-refractivity contribution in [2.45, 2.75) is 26.2 Å². The third-order valence-electron chi connectivity index (χ3n) is 14.0. The van der Waals surface area contributed by atoms with Crippen LogP contribution in [0.15, 0.2) is 224 Å². The molecule has 0 N–H and O–H groups in total. The van der Waals surface area contributed by atoms with Gasteiger partial charge in [0.25, 0.3) is 6.71 Å². The van der Waals surface area contributed by atoms with Crippen LogP contribution in [0.1, 0.15) is 26.3 Å². The van der Waals surface area contributed by atoms with Crippen molar-refractivity contribution < 1.29 is 0 Å². The third kappa shape index (κ3) is 6.82. The third-order valence-corrected chi connectivity index (χ3v) is 14.0. The predicted octanol–water partition coefficient (Wildman–Crippen LogP) is 14.2. The van der Waals surface area contributed by atoms with E-state index < -0.39 is 0 Å². The van der Waals surface area contributed by atoms with Crippen molar-refractivity contribution in [1.29, 1.82) is 0 Å². The van der Waals surface area contributed by atoms with E-state index in [-0.39, 0.29) is 12.1 Å². The van der Waals surface area contributed by atoms with E-state index in [4.69, 9.17) is 15.0 Å². The lowest BCUT2D eigenvalue weighted by Crippen LogP contribution is -2.61. The van der Waals surface area contributed by atoms with Gasteiger partial charge in [-0.05, 0) is 85.7 Å². The Bertz CT molecular complexity index is 3700. The number of nitrogens with zero attached hydrogens (tertiary/aromatic N) is 5. The minimum Gasteiger partial charge on any atom is -0.311 e. The quantitative estimate of drug-likeness (QED) is 0.156. The van der Waals surface area contributed by atoms with Crippen LogP contribution in [0.5, 0.6) is 0 Å². The fourth-order valence-electron chi connectivity index (χ4n) is 10.7. The molecule has 69 heavy (non-hydrogen) atoms. The van der Waals surface area contributed by atoms with Crippen molar-refractivity contribution in [3.8, 4) is 45.3 Å². The van der Waals surface area contributed by atoms with E-state index in [1.54, 1.807) is 0 Å². The van der Waals surface area contributed by atoms with Gasteiger partial charge in [-0.25, -0.2) is 15.0 Å². The fourth-order valence-corrected chi connectivity index (χ4v) is 10.7. The van der Waals surface area contributed by atoms with Gasteiger partial charge in [-0.2, -0.15) is 0 Å². The molecule has 2 aliphatic heterocycles. The van der Waals surface area contributed by atoms with Crippen molar-refractivity contribution in [2.24, 2.45) is 0 Å². The summed E-state index contributed by atoms with van der Waals surface area (Å²) in [5.41, 5.74) is 16.8. The van der Waals surface area contributed by atoms with Crippen molar-refractivity contribution in [3.05, 3.63) is 230 Å². The molecule has 1 aromatic heterocycles. The summed E-state index contributed by atoms with van der Waals surface area (Å²) >= 11 is 0. The fraction of sp³-hybridized carbons (Fsp3) is 0.0635. The number of hydrogen-bond donors (Lipinski definition) is 0. The molecule has 5 nitrogen and oxygen atoms in total. The molecule has 0 saturated heterocycles. The summed E-state index contributed by atoms with van der Waals surface area (Å²) in [6.07, 6.45) is 0. The van der Waals surface area contributed by atoms with Gasteiger partial charge in [-0.1, -0.05) is 209 Å². The molecule has 6 heteroatoms. The molecule has 0 bridgehead atoms. The summed E-state index contributed by atoms with van der Waals surface area (Å²) in [4.78, 5) is 20.9. The van der Waals surface area contributed by atoms with Gasteiger partial charge in [-0.15, -0.1) is 0 Å². The normalized spacial score (nSPS) is 12.8. The van der Waals surface area contributed by atoms with Crippen LogP contribution < -0.4 is 26.2 Å². The number of benzene rings is 10. The van der Waals surface area contributed by atoms with E-state index in [0.717, 1.165) is 39.4 Å². The van der Waals surface area contributed by atoms with E-state index in [1.807, 2.05) is 36.4 Å². The van der Waals surface area contributed by atoms with Crippen molar-refractivity contribution >= 4 is 78.8 Å². The molecule has 0 fully saturated rings. The van der Waals surface area contributed by atoms with Crippen molar-refractivity contribution in [3.63, 3.8) is 0 Å². The molecule has 0 unspecified atom stereocenters. The second-order valence-corrected chi connectivity index (χ2v) is 19.2. The smallest absolute Gasteiger partial charge is 0.252 e. The molecule has 0 spiro atoms. The summed E-state index contributed by atoms with van der Waals surface area (Å²) in [7, 11) is 0. The Labute approximate surface area is 403 Å². The van der Waals surface area contributed by atoms with Gasteiger partial charge in [0, 0.05) is 61.6 Å². The van der Waals surface area contributed by atoms with Gasteiger partial charge >= 0.3 is 0 Å². The molecule has 0 radical (unpaired) electrons. The first-order valence-electron chi connectivity index (χ1n) is 23.8. The number of anilines is 6. The number of aromatic nitrogens is 3. The van der Waals surface area contributed by atoms with Gasteiger partial charge in [0.15, 0.2) is 17.5 Å². The molecular formula is C63H46BN5. The molecule has 326 valence electrons. The van der Waals surface area contributed by atoms with Gasteiger partial charge < -0.3 is 9.80 Å². The molecular weight excluding hydrogens is 838 g/mol. The maximum Gasteiger partial charge on any atom is 0.252 e. The number of rotatable bonds is 6. The highest BCUT2D eigenvalue weighted by Gasteiger charge is 2.45. The first kappa shape index (κ1) is 40.7. The van der Waals surface area contributed by atoms with Crippen LogP contribution >= 0.6 is 0 Å². The maximum absolute atomic E-state index is 5.37. The molecule has 11 aromatic rings. The Kier molecular flexibility index (Phi) is 9.45. The summed E-state index contributed by atoms with van der Waals surface area (Å²) in [5.74, 6) is 1.85. The lowest BCUT2D eigenvalue weighted by molar-refractivity contribution is 0.590. The minimum atomic E-state index is -0.0914. The number of fused-ring (bicyclic) bond motifs is 8. The second-order valence-electron chi connectivity index (χ2n) is 19.2. The molecule has 2 aliphatic rings. The van der Waals surface area contributed by atoms with Crippen LogP contribution in [0.3, 0.4) is 0 Å². The lowest BCUT2D eigenvalue weighted by Gasteiger charge is -2.45. The largest absolute Gasteiger partial charge is 0.311 e. The van der Waals surface area contributed by atoms with Crippen LogP contribution in [-0.4, -0.2) is 21.7 Å². The topological polar surface area (TPSA) is 45.2 Å². The van der Waals surface area contributed by atoms with E-state index in [2.05, 4.69) is 219 Å². The van der Waals surface area contributed by atoms with Crippen LogP contribution in [0.2, 0.25) is 0 Å². The zero-order valence-corrected chi connectivity index (χ0v) is 38.7. The molecule has 10 aromatic carbocycles.